The van der Waals surface area contributed by atoms with Gasteiger partial charge in [0.2, 0.25) is 0 Å². The second kappa shape index (κ2) is 6.95. The molecule has 1 aromatic heterocycles. The highest BCUT2D eigenvalue weighted by molar-refractivity contribution is 6.32. The topological polar surface area (TPSA) is 122 Å². The number of amides is 1. The SMILES string of the molecule is COC(=O)c1ccc2c(c1)NC(=O)C2=C(C)Nc1ccc(-c2nnn[nH]2)cc1. The van der Waals surface area contributed by atoms with Gasteiger partial charge in [0.05, 0.1) is 23.9 Å². The smallest absolute Gasteiger partial charge is 0.337 e. The molecule has 0 bridgehead atoms. The van der Waals surface area contributed by atoms with E-state index in [0.29, 0.717) is 28.3 Å². The summed E-state index contributed by atoms with van der Waals surface area (Å²) in [6.07, 6.45) is 0. The van der Waals surface area contributed by atoms with Gasteiger partial charge in [-0.05, 0) is 53.7 Å². The minimum atomic E-state index is -0.452. The van der Waals surface area contributed by atoms with Crippen LogP contribution in [0.15, 0.2) is 48.2 Å². The number of allylic oxidation sites excluding steroid dienone is 1. The van der Waals surface area contributed by atoms with E-state index in [-0.39, 0.29) is 5.91 Å². The van der Waals surface area contributed by atoms with Crippen LogP contribution < -0.4 is 10.6 Å². The molecule has 2 aromatic carbocycles. The number of anilines is 2. The van der Waals surface area contributed by atoms with Crippen LogP contribution in [0.5, 0.6) is 0 Å². The van der Waals surface area contributed by atoms with Gasteiger partial charge in [-0.2, -0.15) is 0 Å². The van der Waals surface area contributed by atoms with Gasteiger partial charge in [0.25, 0.3) is 5.91 Å². The van der Waals surface area contributed by atoms with E-state index in [9.17, 15) is 9.59 Å². The lowest BCUT2D eigenvalue weighted by molar-refractivity contribution is -0.110. The van der Waals surface area contributed by atoms with Crippen LogP contribution in [0.3, 0.4) is 0 Å². The molecule has 9 heteroatoms. The minimum absolute atomic E-state index is 0.230. The summed E-state index contributed by atoms with van der Waals surface area (Å²) in [4.78, 5) is 24.2. The average molecular weight is 376 g/mol. The van der Waals surface area contributed by atoms with Crippen molar-refractivity contribution in [3.8, 4) is 11.4 Å². The fraction of sp³-hybridized carbons (Fsp3) is 0.105. The number of nitrogens with zero attached hydrogens (tertiary/aromatic N) is 3. The number of aromatic nitrogens is 4. The van der Waals surface area contributed by atoms with Crippen LogP contribution >= 0.6 is 0 Å². The normalized spacial score (nSPS) is 14.3. The van der Waals surface area contributed by atoms with Crippen LogP contribution in [0.1, 0.15) is 22.8 Å². The zero-order valence-electron chi connectivity index (χ0n) is 15.1. The third kappa shape index (κ3) is 3.09. The third-order valence-corrected chi connectivity index (χ3v) is 4.40. The maximum atomic E-state index is 12.5. The lowest BCUT2D eigenvalue weighted by atomic mass is 10.0. The Labute approximate surface area is 159 Å². The van der Waals surface area contributed by atoms with Crippen molar-refractivity contribution in [1.29, 1.82) is 0 Å². The number of ether oxygens (including phenoxy) is 1. The van der Waals surface area contributed by atoms with Crippen molar-refractivity contribution in [3.05, 3.63) is 59.3 Å². The van der Waals surface area contributed by atoms with E-state index in [4.69, 9.17) is 4.74 Å². The number of nitrogens with one attached hydrogen (secondary N) is 3. The van der Waals surface area contributed by atoms with Crippen molar-refractivity contribution in [1.82, 2.24) is 20.6 Å². The first-order chi connectivity index (χ1) is 13.6. The number of aromatic amines is 1. The molecule has 0 aliphatic carbocycles. The largest absolute Gasteiger partial charge is 0.465 e. The highest BCUT2D eigenvalue weighted by atomic mass is 16.5. The molecule has 28 heavy (non-hydrogen) atoms. The third-order valence-electron chi connectivity index (χ3n) is 4.40. The zero-order chi connectivity index (χ0) is 19.7. The quantitative estimate of drug-likeness (QED) is 0.472. The molecule has 0 atom stereocenters. The van der Waals surface area contributed by atoms with Crippen LogP contribution in [-0.2, 0) is 9.53 Å². The number of carbonyl (C=O) groups excluding carboxylic acids is 2. The molecule has 9 nitrogen and oxygen atoms in total. The molecule has 0 unspecified atom stereocenters. The number of benzene rings is 2. The molecule has 3 N–H and O–H groups in total. The van der Waals surface area contributed by atoms with Crippen LogP contribution in [-0.4, -0.2) is 39.6 Å². The second-order valence-corrected chi connectivity index (χ2v) is 6.16. The Morgan fingerprint density at radius 1 is 1.14 bits per heavy atom. The molecule has 140 valence electrons. The minimum Gasteiger partial charge on any atom is -0.465 e. The van der Waals surface area contributed by atoms with E-state index in [1.54, 1.807) is 18.2 Å². The summed E-state index contributed by atoms with van der Waals surface area (Å²) in [5.74, 6) is -0.107. The molecule has 1 aliphatic heterocycles. The molecule has 0 saturated carbocycles. The van der Waals surface area contributed by atoms with E-state index in [1.165, 1.54) is 7.11 Å². The van der Waals surface area contributed by atoms with E-state index < -0.39 is 5.97 Å². The summed E-state index contributed by atoms with van der Waals surface area (Å²) >= 11 is 0. The van der Waals surface area contributed by atoms with Gasteiger partial charge in [0.1, 0.15) is 0 Å². The highest BCUT2D eigenvalue weighted by Gasteiger charge is 2.27. The Hall–Kier alpha value is -4.01. The van der Waals surface area contributed by atoms with E-state index in [2.05, 4.69) is 31.3 Å². The number of esters is 1. The van der Waals surface area contributed by atoms with Gasteiger partial charge < -0.3 is 15.4 Å². The van der Waals surface area contributed by atoms with Crippen molar-refractivity contribution in [2.75, 3.05) is 17.7 Å². The monoisotopic (exact) mass is 376 g/mol. The summed E-state index contributed by atoms with van der Waals surface area (Å²) < 4.78 is 4.72. The predicted molar refractivity (Wildman–Crippen MR) is 102 cm³/mol. The van der Waals surface area contributed by atoms with Crippen LogP contribution in [0.2, 0.25) is 0 Å². The molecule has 0 radical (unpaired) electrons. The number of rotatable bonds is 4. The molecule has 0 saturated heterocycles. The van der Waals surface area contributed by atoms with Crippen LogP contribution in [0.25, 0.3) is 17.0 Å². The van der Waals surface area contributed by atoms with Crippen molar-refractivity contribution in [3.63, 3.8) is 0 Å². The summed E-state index contributed by atoms with van der Waals surface area (Å²) in [6.45, 7) is 1.83. The molecule has 0 fully saturated rings. The standard InChI is InChI=1S/C19H16N6O3/c1-10(20-13-6-3-11(4-7-13)17-22-24-25-23-17)16-14-8-5-12(19(27)28-2)9-15(14)21-18(16)26/h3-9,20H,1-2H3,(H,21,26)(H,22,23,24,25). The summed E-state index contributed by atoms with van der Waals surface area (Å²) in [7, 11) is 1.32. The first-order valence-electron chi connectivity index (χ1n) is 8.43. The van der Waals surface area contributed by atoms with Gasteiger partial charge in [-0.1, -0.05) is 6.07 Å². The number of H-pyrrole nitrogens is 1. The maximum absolute atomic E-state index is 12.5. The molecule has 1 aliphatic rings. The fourth-order valence-electron chi connectivity index (χ4n) is 3.06. The van der Waals surface area contributed by atoms with E-state index in [0.717, 1.165) is 16.8 Å². The second-order valence-electron chi connectivity index (χ2n) is 6.16. The van der Waals surface area contributed by atoms with Gasteiger partial charge in [-0.3, -0.25) is 4.79 Å². The predicted octanol–water partition coefficient (Wildman–Crippen LogP) is 2.45. The number of fused-ring (bicyclic) bond motifs is 1. The molecule has 0 spiro atoms. The van der Waals surface area contributed by atoms with Gasteiger partial charge >= 0.3 is 5.97 Å². The Balaban J connectivity index is 1.61. The molecular weight excluding hydrogens is 360 g/mol. The number of carbonyl (C=O) groups is 2. The van der Waals surface area contributed by atoms with Gasteiger partial charge in [0, 0.05) is 22.5 Å². The van der Waals surface area contributed by atoms with Crippen molar-refractivity contribution in [2.45, 2.75) is 6.92 Å². The highest BCUT2D eigenvalue weighted by Crippen LogP contribution is 2.35. The van der Waals surface area contributed by atoms with Crippen LogP contribution in [0, 0.1) is 0 Å². The van der Waals surface area contributed by atoms with Gasteiger partial charge in [0.15, 0.2) is 5.82 Å². The average Bonchev–Trinajstić information content (AvgIpc) is 3.34. The Morgan fingerprint density at radius 3 is 2.61 bits per heavy atom. The first-order valence-corrected chi connectivity index (χ1v) is 8.43. The molecule has 3 aromatic rings. The molecular formula is C19H16N6O3. The Bertz CT molecular complexity index is 1090. The fourth-order valence-corrected chi connectivity index (χ4v) is 3.06. The molecule has 2 heterocycles. The molecule has 4 rings (SSSR count). The zero-order valence-corrected chi connectivity index (χ0v) is 15.1. The summed E-state index contributed by atoms with van der Waals surface area (Å²) in [5.41, 5.74) is 4.56. The van der Waals surface area contributed by atoms with Gasteiger partial charge in [-0.25, -0.2) is 9.89 Å². The lowest BCUT2D eigenvalue weighted by Gasteiger charge is -2.10. The van der Waals surface area contributed by atoms with E-state index >= 15 is 0 Å². The van der Waals surface area contributed by atoms with Crippen molar-refractivity contribution >= 4 is 28.8 Å². The number of hydrogen-bond donors (Lipinski definition) is 3. The first kappa shape index (κ1) is 17.4. The van der Waals surface area contributed by atoms with Gasteiger partial charge in [-0.15, -0.1) is 5.10 Å². The van der Waals surface area contributed by atoms with E-state index in [1.807, 2.05) is 31.2 Å². The molecule has 1 amide bonds. The maximum Gasteiger partial charge on any atom is 0.337 e. The summed E-state index contributed by atoms with van der Waals surface area (Å²) in [6, 6.07) is 12.5. The van der Waals surface area contributed by atoms with Crippen LogP contribution in [0.4, 0.5) is 11.4 Å². The van der Waals surface area contributed by atoms with Crippen molar-refractivity contribution in [2.24, 2.45) is 0 Å². The number of hydrogen-bond acceptors (Lipinski definition) is 7. The Kier molecular flexibility index (Phi) is 4.32. The Morgan fingerprint density at radius 2 is 1.93 bits per heavy atom. The lowest BCUT2D eigenvalue weighted by Crippen LogP contribution is -2.08. The number of methoxy groups -OCH3 is 1. The summed E-state index contributed by atoms with van der Waals surface area (Å²) in [5, 5.41) is 19.7. The van der Waals surface area contributed by atoms with Crippen molar-refractivity contribution < 1.29 is 14.3 Å². The number of tetrazole rings is 1.